The summed E-state index contributed by atoms with van der Waals surface area (Å²) in [7, 11) is 1.68. The fourth-order valence-corrected chi connectivity index (χ4v) is 2.14. The SMILES string of the molecule is CCNCc1cc(-c2cccc(OC)c2)ccc1Cl. The van der Waals surface area contributed by atoms with Gasteiger partial charge in [-0.05, 0) is 47.5 Å². The topological polar surface area (TPSA) is 21.3 Å². The second-order valence-electron chi connectivity index (χ2n) is 4.32. The van der Waals surface area contributed by atoms with Gasteiger partial charge in [-0.1, -0.05) is 36.7 Å². The number of rotatable bonds is 5. The van der Waals surface area contributed by atoms with Gasteiger partial charge in [0.2, 0.25) is 0 Å². The fourth-order valence-electron chi connectivity index (χ4n) is 1.95. The van der Waals surface area contributed by atoms with E-state index in [2.05, 4.69) is 24.4 Å². The highest BCUT2D eigenvalue weighted by Crippen LogP contribution is 2.27. The molecule has 0 saturated heterocycles. The molecule has 0 saturated carbocycles. The Hall–Kier alpha value is -1.51. The van der Waals surface area contributed by atoms with Crippen molar-refractivity contribution in [2.75, 3.05) is 13.7 Å². The minimum absolute atomic E-state index is 0.785. The molecule has 3 heteroatoms. The largest absolute Gasteiger partial charge is 0.497 e. The zero-order chi connectivity index (χ0) is 13.7. The van der Waals surface area contributed by atoms with E-state index < -0.39 is 0 Å². The molecular formula is C16H18ClNO. The van der Waals surface area contributed by atoms with Crippen molar-refractivity contribution in [3.8, 4) is 16.9 Å². The first-order valence-electron chi connectivity index (χ1n) is 6.38. The van der Waals surface area contributed by atoms with Gasteiger partial charge in [0.15, 0.2) is 0 Å². The molecule has 0 aliphatic heterocycles. The van der Waals surface area contributed by atoms with Crippen LogP contribution in [-0.2, 0) is 6.54 Å². The third kappa shape index (κ3) is 3.49. The van der Waals surface area contributed by atoms with E-state index in [1.54, 1.807) is 7.11 Å². The summed E-state index contributed by atoms with van der Waals surface area (Å²) in [6.07, 6.45) is 0. The van der Waals surface area contributed by atoms with Crippen LogP contribution in [0.15, 0.2) is 42.5 Å². The molecule has 0 aliphatic rings. The molecule has 0 fully saturated rings. The van der Waals surface area contributed by atoms with Crippen molar-refractivity contribution in [2.45, 2.75) is 13.5 Å². The van der Waals surface area contributed by atoms with E-state index in [-0.39, 0.29) is 0 Å². The van der Waals surface area contributed by atoms with Gasteiger partial charge in [0, 0.05) is 11.6 Å². The monoisotopic (exact) mass is 275 g/mol. The molecule has 0 heterocycles. The van der Waals surface area contributed by atoms with E-state index in [0.717, 1.165) is 40.6 Å². The molecule has 1 N–H and O–H groups in total. The Morgan fingerprint density at radius 3 is 2.63 bits per heavy atom. The highest BCUT2D eigenvalue weighted by Gasteiger charge is 2.04. The van der Waals surface area contributed by atoms with E-state index in [4.69, 9.17) is 16.3 Å². The van der Waals surface area contributed by atoms with Gasteiger partial charge < -0.3 is 10.1 Å². The van der Waals surface area contributed by atoms with Crippen LogP contribution in [0, 0.1) is 0 Å². The lowest BCUT2D eigenvalue weighted by Gasteiger charge is -2.09. The molecule has 0 radical (unpaired) electrons. The summed E-state index contributed by atoms with van der Waals surface area (Å²) in [6.45, 7) is 3.80. The number of benzene rings is 2. The van der Waals surface area contributed by atoms with Crippen LogP contribution < -0.4 is 10.1 Å². The minimum Gasteiger partial charge on any atom is -0.497 e. The highest BCUT2D eigenvalue weighted by molar-refractivity contribution is 6.31. The van der Waals surface area contributed by atoms with Crippen LogP contribution in [0.5, 0.6) is 5.75 Å². The molecule has 2 aromatic carbocycles. The lowest BCUT2D eigenvalue weighted by Crippen LogP contribution is -2.12. The minimum atomic E-state index is 0.785. The third-order valence-corrected chi connectivity index (χ3v) is 3.38. The van der Waals surface area contributed by atoms with Crippen LogP contribution in [0.2, 0.25) is 5.02 Å². The predicted octanol–water partition coefficient (Wildman–Crippen LogP) is 4.13. The van der Waals surface area contributed by atoms with Crippen molar-refractivity contribution in [1.29, 1.82) is 0 Å². The Kier molecular flexibility index (Phi) is 4.83. The lowest BCUT2D eigenvalue weighted by atomic mass is 10.0. The maximum absolute atomic E-state index is 6.21. The van der Waals surface area contributed by atoms with Crippen LogP contribution >= 0.6 is 11.6 Å². The average Bonchev–Trinajstić information content (AvgIpc) is 2.46. The molecule has 0 atom stereocenters. The molecule has 0 aliphatic carbocycles. The molecule has 0 aromatic heterocycles. The normalized spacial score (nSPS) is 10.5. The second kappa shape index (κ2) is 6.60. The molecule has 0 spiro atoms. The van der Waals surface area contributed by atoms with Gasteiger partial charge in [-0.3, -0.25) is 0 Å². The van der Waals surface area contributed by atoms with E-state index in [1.807, 2.05) is 30.3 Å². The zero-order valence-corrected chi connectivity index (χ0v) is 12.0. The predicted molar refractivity (Wildman–Crippen MR) is 80.8 cm³/mol. The Morgan fingerprint density at radius 1 is 1.11 bits per heavy atom. The van der Waals surface area contributed by atoms with Gasteiger partial charge in [-0.15, -0.1) is 0 Å². The summed E-state index contributed by atoms with van der Waals surface area (Å²) in [6, 6.07) is 14.1. The van der Waals surface area contributed by atoms with E-state index in [1.165, 1.54) is 0 Å². The van der Waals surface area contributed by atoms with Gasteiger partial charge in [-0.25, -0.2) is 0 Å². The maximum Gasteiger partial charge on any atom is 0.119 e. The van der Waals surface area contributed by atoms with Crippen molar-refractivity contribution in [3.63, 3.8) is 0 Å². The van der Waals surface area contributed by atoms with Gasteiger partial charge >= 0.3 is 0 Å². The summed E-state index contributed by atoms with van der Waals surface area (Å²) >= 11 is 6.21. The van der Waals surface area contributed by atoms with Gasteiger partial charge in [0.25, 0.3) is 0 Å². The molecule has 2 nitrogen and oxygen atoms in total. The van der Waals surface area contributed by atoms with Crippen LogP contribution in [0.25, 0.3) is 11.1 Å². The first-order valence-corrected chi connectivity index (χ1v) is 6.76. The lowest BCUT2D eigenvalue weighted by molar-refractivity contribution is 0.415. The summed E-state index contributed by atoms with van der Waals surface area (Å²) in [5.41, 5.74) is 3.40. The molecule has 0 unspecified atom stereocenters. The summed E-state index contributed by atoms with van der Waals surface area (Å²) < 4.78 is 5.26. The summed E-state index contributed by atoms with van der Waals surface area (Å²) in [5.74, 6) is 0.862. The Morgan fingerprint density at radius 2 is 1.89 bits per heavy atom. The highest BCUT2D eigenvalue weighted by atomic mass is 35.5. The standard InChI is InChI=1S/C16H18ClNO/c1-3-18-11-14-9-13(7-8-16(14)17)12-5-4-6-15(10-12)19-2/h4-10,18H,3,11H2,1-2H3. The number of nitrogens with one attached hydrogen (secondary N) is 1. The van der Waals surface area contributed by atoms with Crippen LogP contribution in [-0.4, -0.2) is 13.7 Å². The van der Waals surface area contributed by atoms with Crippen molar-refractivity contribution in [3.05, 3.63) is 53.1 Å². The number of halogens is 1. The van der Waals surface area contributed by atoms with Gasteiger partial charge in [0.1, 0.15) is 5.75 Å². The fraction of sp³-hybridized carbons (Fsp3) is 0.250. The van der Waals surface area contributed by atoms with E-state index >= 15 is 0 Å². The zero-order valence-electron chi connectivity index (χ0n) is 11.2. The van der Waals surface area contributed by atoms with Crippen LogP contribution in [0.3, 0.4) is 0 Å². The molecule has 2 rings (SSSR count). The number of hydrogen-bond acceptors (Lipinski definition) is 2. The molecule has 0 bridgehead atoms. The van der Waals surface area contributed by atoms with E-state index in [9.17, 15) is 0 Å². The van der Waals surface area contributed by atoms with E-state index in [0.29, 0.717) is 0 Å². The van der Waals surface area contributed by atoms with Crippen molar-refractivity contribution in [2.24, 2.45) is 0 Å². The Balaban J connectivity index is 2.33. The quantitative estimate of drug-likeness (QED) is 0.886. The van der Waals surface area contributed by atoms with Crippen molar-refractivity contribution in [1.82, 2.24) is 5.32 Å². The molecule has 2 aromatic rings. The summed E-state index contributed by atoms with van der Waals surface area (Å²) in [4.78, 5) is 0. The van der Waals surface area contributed by atoms with Gasteiger partial charge in [-0.2, -0.15) is 0 Å². The molecule has 100 valence electrons. The third-order valence-electron chi connectivity index (χ3n) is 3.01. The van der Waals surface area contributed by atoms with Crippen LogP contribution in [0.1, 0.15) is 12.5 Å². The number of ether oxygens (including phenoxy) is 1. The van der Waals surface area contributed by atoms with Gasteiger partial charge in [0.05, 0.1) is 7.11 Å². The number of hydrogen-bond donors (Lipinski definition) is 1. The van der Waals surface area contributed by atoms with Crippen LogP contribution in [0.4, 0.5) is 0 Å². The Labute approximate surface area is 119 Å². The first-order chi connectivity index (χ1) is 9.24. The maximum atomic E-state index is 6.21. The Bertz CT molecular complexity index is 554. The molecular weight excluding hydrogens is 258 g/mol. The molecule has 19 heavy (non-hydrogen) atoms. The average molecular weight is 276 g/mol. The smallest absolute Gasteiger partial charge is 0.119 e. The van der Waals surface area contributed by atoms with Crippen molar-refractivity contribution < 1.29 is 4.74 Å². The first kappa shape index (κ1) is 13.9. The number of methoxy groups -OCH3 is 1. The van der Waals surface area contributed by atoms with Crippen molar-refractivity contribution >= 4 is 11.6 Å². The second-order valence-corrected chi connectivity index (χ2v) is 4.73. The molecule has 0 amide bonds. The summed E-state index contributed by atoms with van der Waals surface area (Å²) in [5, 5.41) is 4.10.